The number of benzene rings is 1. The van der Waals surface area contributed by atoms with Crippen molar-refractivity contribution in [3.63, 3.8) is 0 Å². The summed E-state index contributed by atoms with van der Waals surface area (Å²) in [6.07, 6.45) is 0.542. The van der Waals surface area contributed by atoms with Gasteiger partial charge in [-0.15, -0.1) is 0 Å². The lowest BCUT2D eigenvalue weighted by Gasteiger charge is -2.08. The van der Waals surface area contributed by atoms with Crippen LogP contribution in [0.1, 0.15) is 30.4 Å². The summed E-state index contributed by atoms with van der Waals surface area (Å²) in [6.45, 7) is 0. The summed E-state index contributed by atoms with van der Waals surface area (Å²) in [5.74, 6) is 0. The summed E-state index contributed by atoms with van der Waals surface area (Å²) in [5, 5.41) is 9.73. The molecule has 0 aromatic heterocycles. The Kier molecular flexibility index (Phi) is 3.24. The number of alkyl halides is 2. The number of halogens is 2. The molecule has 1 aromatic carbocycles. The van der Waals surface area contributed by atoms with Gasteiger partial charge in [-0.3, -0.25) is 0 Å². The highest BCUT2D eigenvalue weighted by Crippen LogP contribution is 2.38. The second-order valence-electron chi connectivity index (χ2n) is 4.65. The van der Waals surface area contributed by atoms with E-state index in [2.05, 4.69) is 0 Å². The van der Waals surface area contributed by atoms with Gasteiger partial charge in [0.1, 0.15) is 0 Å². The van der Waals surface area contributed by atoms with Crippen LogP contribution in [0.2, 0.25) is 0 Å². The molecular formula is C13H16F2O. The van der Waals surface area contributed by atoms with Gasteiger partial charge >= 0.3 is 0 Å². The van der Waals surface area contributed by atoms with Crippen LogP contribution in [0, 0.1) is 0 Å². The van der Waals surface area contributed by atoms with E-state index in [1.165, 1.54) is 0 Å². The highest BCUT2D eigenvalue weighted by Gasteiger charge is 2.39. The first-order valence-corrected chi connectivity index (χ1v) is 5.66. The molecule has 88 valence electrons. The first kappa shape index (κ1) is 11.5. The SMILES string of the molecule is OC1(Cc2ccc(CCC(F)F)cc2)CC1. The zero-order chi connectivity index (χ0) is 11.6. The Hall–Kier alpha value is -0.960. The van der Waals surface area contributed by atoms with Gasteiger partial charge in [0.2, 0.25) is 6.43 Å². The highest BCUT2D eigenvalue weighted by molar-refractivity contribution is 5.25. The number of aliphatic hydroxyl groups is 1. The van der Waals surface area contributed by atoms with Gasteiger partial charge in [0.05, 0.1) is 5.60 Å². The molecule has 0 spiro atoms. The van der Waals surface area contributed by atoms with Crippen LogP contribution in [-0.4, -0.2) is 17.1 Å². The molecule has 0 saturated heterocycles. The first-order chi connectivity index (χ1) is 7.57. The molecule has 0 bridgehead atoms. The number of aryl methyl sites for hydroxylation is 1. The first-order valence-electron chi connectivity index (χ1n) is 5.66. The molecular weight excluding hydrogens is 210 g/mol. The predicted octanol–water partition coefficient (Wildman–Crippen LogP) is 2.95. The largest absolute Gasteiger partial charge is 0.390 e. The van der Waals surface area contributed by atoms with Crippen LogP contribution in [-0.2, 0) is 12.8 Å². The van der Waals surface area contributed by atoms with Gasteiger partial charge in [0.15, 0.2) is 0 Å². The van der Waals surface area contributed by atoms with Gasteiger partial charge in [-0.1, -0.05) is 24.3 Å². The molecule has 1 saturated carbocycles. The minimum absolute atomic E-state index is 0.0801. The zero-order valence-corrected chi connectivity index (χ0v) is 9.13. The van der Waals surface area contributed by atoms with Crippen LogP contribution in [0.3, 0.4) is 0 Å². The maximum atomic E-state index is 12.0. The zero-order valence-electron chi connectivity index (χ0n) is 9.13. The Bertz CT molecular complexity index is 341. The van der Waals surface area contributed by atoms with Gasteiger partial charge in [-0.2, -0.15) is 0 Å². The molecule has 1 fully saturated rings. The van der Waals surface area contributed by atoms with Gasteiger partial charge in [0.25, 0.3) is 0 Å². The van der Waals surface area contributed by atoms with Gasteiger partial charge in [-0.25, -0.2) is 8.78 Å². The normalized spacial score (nSPS) is 17.8. The van der Waals surface area contributed by atoms with E-state index in [1.54, 1.807) is 0 Å². The van der Waals surface area contributed by atoms with E-state index in [-0.39, 0.29) is 6.42 Å². The van der Waals surface area contributed by atoms with Crippen molar-refractivity contribution in [3.05, 3.63) is 35.4 Å². The molecule has 0 heterocycles. The minimum atomic E-state index is -2.23. The maximum absolute atomic E-state index is 12.0. The van der Waals surface area contributed by atoms with Crippen LogP contribution in [0.25, 0.3) is 0 Å². The average molecular weight is 226 g/mol. The second kappa shape index (κ2) is 4.50. The lowest BCUT2D eigenvalue weighted by Crippen LogP contribution is -2.10. The van der Waals surface area contributed by atoms with Crippen molar-refractivity contribution in [3.8, 4) is 0 Å². The molecule has 16 heavy (non-hydrogen) atoms. The van der Waals surface area contributed by atoms with Crippen LogP contribution < -0.4 is 0 Å². The van der Waals surface area contributed by atoms with Crippen molar-refractivity contribution < 1.29 is 13.9 Å². The Morgan fingerprint density at radius 3 is 2.19 bits per heavy atom. The molecule has 1 aliphatic rings. The average Bonchev–Trinajstić information content (AvgIpc) is 2.95. The fourth-order valence-electron chi connectivity index (χ4n) is 1.80. The van der Waals surface area contributed by atoms with Crippen molar-refractivity contribution in [2.75, 3.05) is 0 Å². The second-order valence-corrected chi connectivity index (χ2v) is 4.65. The molecule has 3 heteroatoms. The van der Waals surface area contributed by atoms with Gasteiger partial charge in [0, 0.05) is 12.8 Å². The Morgan fingerprint density at radius 2 is 1.69 bits per heavy atom. The summed E-state index contributed by atoms with van der Waals surface area (Å²) < 4.78 is 24.0. The van der Waals surface area contributed by atoms with E-state index < -0.39 is 12.0 Å². The molecule has 0 amide bonds. The lowest BCUT2D eigenvalue weighted by molar-refractivity contribution is 0.138. The summed E-state index contributed by atoms with van der Waals surface area (Å²) >= 11 is 0. The van der Waals surface area contributed by atoms with Crippen LogP contribution in [0.15, 0.2) is 24.3 Å². The Morgan fingerprint density at radius 1 is 1.12 bits per heavy atom. The summed E-state index contributed by atoms with van der Waals surface area (Å²) in [6, 6.07) is 7.61. The van der Waals surface area contributed by atoms with Crippen molar-refractivity contribution in [1.82, 2.24) is 0 Å². The molecule has 2 rings (SSSR count). The third kappa shape index (κ3) is 3.27. The summed E-state index contributed by atoms with van der Waals surface area (Å²) in [4.78, 5) is 0. The summed E-state index contributed by atoms with van der Waals surface area (Å²) in [5.41, 5.74) is 1.54. The third-order valence-corrected chi connectivity index (χ3v) is 3.03. The smallest absolute Gasteiger partial charge is 0.239 e. The molecule has 1 nitrogen and oxygen atoms in total. The molecule has 0 radical (unpaired) electrons. The molecule has 0 unspecified atom stereocenters. The Balaban J connectivity index is 1.88. The van der Waals surface area contributed by atoms with Crippen molar-refractivity contribution in [1.29, 1.82) is 0 Å². The number of hydrogen-bond donors (Lipinski definition) is 1. The predicted molar refractivity (Wildman–Crippen MR) is 58.7 cm³/mol. The standard InChI is InChI=1S/C13H16F2O/c14-12(15)6-5-10-1-3-11(4-2-10)9-13(16)7-8-13/h1-4,12,16H,5-9H2. The molecule has 1 N–H and O–H groups in total. The van der Waals surface area contributed by atoms with Gasteiger partial charge in [-0.05, 0) is 30.4 Å². The van der Waals surface area contributed by atoms with Gasteiger partial charge < -0.3 is 5.11 Å². The molecule has 0 aliphatic heterocycles. The topological polar surface area (TPSA) is 20.2 Å². The lowest BCUT2D eigenvalue weighted by atomic mass is 10.0. The molecule has 1 aliphatic carbocycles. The molecule has 1 aromatic rings. The fraction of sp³-hybridized carbons (Fsp3) is 0.538. The quantitative estimate of drug-likeness (QED) is 0.818. The van der Waals surface area contributed by atoms with Crippen LogP contribution >= 0.6 is 0 Å². The third-order valence-electron chi connectivity index (χ3n) is 3.03. The van der Waals surface area contributed by atoms with Crippen LogP contribution in [0.5, 0.6) is 0 Å². The number of hydrogen-bond acceptors (Lipinski definition) is 1. The maximum Gasteiger partial charge on any atom is 0.239 e. The van der Waals surface area contributed by atoms with E-state index in [1.807, 2.05) is 24.3 Å². The molecule has 0 atom stereocenters. The van der Waals surface area contributed by atoms with Crippen molar-refractivity contribution in [2.45, 2.75) is 44.1 Å². The minimum Gasteiger partial charge on any atom is -0.390 e. The van der Waals surface area contributed by atoms with E-state index >= 15 is 0 Å². The fourth-order valence-corrected chi connectivity index (χ4v) is 1.80. The monoisotopic (exact) mass is 226 g/mol. The van der Waals surface area contributed by atoms with Crippen molar-refractivity contribution in [2.24, 2.45) is 0 Å². The van der Waals surface area contributed by atoms with E-state index in [4.69, 9.17) is 0 Å². The van der Waals surface area contributed by atoms with E-state index in [0.29, 0.717) is 12.8 Å². The summed E-state index contributed by atoms with van der Waals surface area (Å²) in [7, 11) is 0. The highest BCUT2D eigenvalue weighted by atomic mass is 19.3. The van der Waals surface area contributed by atoms with E-state index in [9.17, 15) is 13.9 Å². The van der Waals surface area contributed by atoms with Crippen molar-refractivity contribution >= 4 is 0 Å². The van der Waals surface area contributed by atoms with Crippen LogP contribution in [0.4, 0.5) is 8.78 Å². The Labute approximate surface area is 94.1 Å². The number of rotatable bonds is 5. The van der Waals surface area contributed by atoms with E-state index in [0.717, 1.165) is 24.0 Å².